The van der Waals surface area contributed by atoms with Gasteiger partial charge < -0.3 is 10.2 Å². The first kappa shape index (κ1) is 9.43. The van der Waals surface area contributed by atoms with Crippen LogP contribution in [0.15, 0.2) is 33.2 Å². The Labute approximate surface area is 96.6 Å². The number of benzene rings is 1. The minimum Gasteiger partial charge on any atom is -0.461 e. The molecular formula is C12H12BrNO. The van der Waals surface area contributed by atoms with Gasteiger partial charge in [-0.05, 0) is 37.1 Å². The molecule has 15 heavy (non-hydrogen) atoms. The molecule has 0 spiro atoms. The van der Waals surface area contributed by atoms with Crippen molar-refractivity contribution >= 4 is 26.9 Å². The Bertz CT molecular complexity index is 499. The van der Waals surface area contributed by atoms with E-state index < -0.39 is 0 Å². The highest BCUT2D eigenvalue weighted by molar-refractivity contribution is 9.10. The van der Waals surface area contributed by atoms with E-state index in [9.17, 15) is 0 Å². The van der Waals surface area contributed by atoms with Gasteiger partial charge in [0.2, 0.25) is 0 Å². The second-order valence-electron chi connectivity index (χ2n) is 4.26. The molecule has 0 saturated heterocycles. The zero-order valence-electron chi connectivity index (χ0n) is 8.24. The van der Waals surface area contributed by atoms with Crippen LogP contribution in [0.25, 0.3) is 11.0 Å². The first-order chi connectivity index (χ1) is 7.22. The maximum atomic E-state index is 5.80. The van der Waals surface area contributed by atoms with Crippen LogP contribution < -0.4 is 5.73 Å². The van der Waals surface area contributed by atoms with Crippen molar-refractivity contribution in [2.24, 2.45) is 5.73 Å². The summed E-state index contributed by atoms with van der Waals surface area (Å²) in [7, 11) is 0. The molecule has 0 radical (unpaired) electrons. The highest BCUT2D eigenvalue weighted by atomic mass is 79.9. The molecule has 1 aliphatic carbocycles. The molecular weight excluding hydrogens is 254 g/mol. The Hall–Kier alpha value is -0.800. The molecule has 3 rings (SSSR count). The van der Waals surface area contributed by atoms with Crippen molar-refractivity contribution in [3.8, 4) is 0 Å². The number of halogens is 1. The quantitative estimate of drug-likeness (QED) is 0.859. The average Bonchev–Trinajstić information content (AvgIpc) is 2.55. The second-order valence-corrected chi connectivity index (χ2v) is 5.17. The van der Waals surface area contributed by atoms with Crippen LogP contribution in [0.2, 0.25) is 0 Å². The van der Waals surface area contributed by atoms with Gasteiger partial charge in [0.25, 0.3) is 0 Å². The SMILES string of the molecule is NC1CC(c2cc3cc(Br)ccc3o2)C1. The molecule has 1 aromatic carbocycles. The van der Waals surface area contributed by atoms with Gasteiger partial charge in [0.05, 0.1) is 0 Å². The number of hydrogen-bond acceptors (Lipinski definition) is 2. The lowest BCUT2D eigenvalue weighted by atomic mass is 9.79. The van der Waals surface area contributed by atoms with Gasteiger partial charge in [-0.15, -0.1) is 0 Å². The third-order valence-corrected chi connectivity index (χ3v) is 3.57. The van der Waals surface area contributed by atoms with E-state index in [0.717, 1.165) is 28.7 Å². The second kappa shape index (κ2) is 3.35. The van der Waals surface area contributed by atoms with Gasteiger partial charge in [-0.2, -0.15) is 0 Å². The smallest absolute Gasteiger partial charge is 0.134 e. The molecule has 0 amide bonds. The van der Waals surface area contributed by atoms with Crippen LogP contribution in [0.1, 0.15) is 24.5 Å². The normalized spacial score (nSPS) is 25.5. The van der Waals surface area contributed by atoms with Crippen molar-refractivity contribution in [3.05, 3.63) is 34.5 Å². The predicted octanol–water partition coefficient (Wildman–Crippen LogP) is 3.40. The van der Waals surface area contributed by atoms with Gasteiger partial charge in [0.1, 0.15) is 11.3 Å². The molecule has 1 aromatic heterocycles. The molecule has 3 heteroatoms. The Morgan fingerprint density at radius 1 is 1.27 bits per heavy atom. The molecule has 2 N–H and O–H groups in total. The van der Waals surface area contributed by atoms with Crippen molar-refractivity contribution in [2.45, 2.75) is 24.8 Å². The zero-order chi connectivity index (χ0) is 10.4. The Balaban J connectivity index is 1.99. The van der Waals surface area contributed by atoms with Crippen LogP contribution >= 0.6 is 15.9 Å². The van der Waals surface area contributed by atoms with Crippen LogP contribution in [0.3, 0.4) is 0 Å². The number of hydrogen-bond donors (Lipinski definition) is 1. The maximum absolute atomic E-state index is 5.80. The van der Waals surface area contributed by atoms with Gasteiger partial charge in [0.15, 0.2) is 0 Å². The summed E-state index contributed by atoms with van der Waals surface area (Å²) in [6.07, 6.45) is 2.11. The first-order valence-corrected chi connectivity index (χ1v) is 5.96. The minimum absolute atomic E-state index is 0.370. The zero-order valence-corrected chi connectivity index (χ0v) is 9.83. The van der Waals surface area contributed by atoms with Gasteiger partial charge in [0, 0.05) is 21.8 Å². The van der Waals surface area contributed by atoms with E-state index >= 15 is 0 Å². The van der Waals surface area contributed by atoms with E-state index in [1.54, 1.807) is 0 Å². The third kappa shape index (κ3) is 1.60. The lowest BCUT2D eigenvalue weighted by Crippen LogP contribution is -2.34. The van der Waals surface area contributed by atoms with E-state index in [-0.39, 0.29) is 0 Å². The first-order valence-electron chi connectivity index (χ1n) is 5.17. The van der Waals surface area contributed by atoms with E-state index in [4.69, 9.17) is 10.2 Å². The summed E-state index contributed by atoms with van der Waals surface area (Å²) in [5.74, 6) is 1.62. The molecule has 0 atom stereocenters. The molecule has 2 aromatic rings. The van der Waals surface area contributed by atoms with E-state index in [0.29, 0.717) is 12.0 Å². The summed E-state index contributed by atoms with van der Waals surface area (Å²) in [5, 5.41) is 1.17. The summed E-state index contributed by atoms with van der Waals surface area (Å²) in [5.41, 5.74) is 6.74. The lowest BCUT2D eigenvalue weighted by molar-refractivity contribution is 0.308. The molecule has 0 unspecified atom stereocenters. The highest BCUT2D eigenvalue weighted by Crippen LogP contribution is 2.38. The lowest BCUT2D eigenvalue weighted by Gasteiger charge is -2.30. The fourth-order valence-electron chi connectivity index (χ4n) is 2.13. The number of rotatable bonds is 1. The Morgan fingerprint density at radius 3 is 2.80 bits per heavy atom. The summed E-state index contributed by atoms with van der Waals surface area (Å²) in [4.78, 5) is 0. The van der Waals surface area contributed by atoms with Crippen molar-refractivity contribution in [2.75, 3.05) is 0 Å². The van der Waals surface area contributed by atoms with E-state index in [1.165, 1.54) is 5.39 Å². The molecule has 1 aliphatic rings. The predicted molar refractivity (Wildman–Crippen MR) is 63.9 cm³/mol. The molecule has 1 heterocycles. The van der Waals surface area contributed by atoms with Crippen LogP contribution in [0.4, 0.5) is 0 Å². The van der Waals surface area contributed by atoms with Crippen LogP contribution in [0, 0.1) is 0 Å². The number of furan rings is 1. The Kier molecular flexibility index (Phi) is 2.11. The van der Waals surface area contributed by atoms with Crippen LogP contribution in [-0.4, -0.2) is 6.04 Å². The number of fused-ring (bicyclic) bond motifs is 1. The fraction of sp³-hybridized carbons (Fsp3) is 0.333. The standard InChI is InChI=1S/C12H12BrNO/c13-9-1-2-11-7(3-9)6-12(15-11)8-4-10(14)5-8/h1-3,6,8,10H,4-5,14H2. The molecule has 78 valence electrons. The monoisotopic (exact) mass is 265 g/mol. The molecule has 1 fully saturated rings. The summed E-state index contributed by atoms with van der Waals surface area (Å²) >= 11 is 3.46. The minimum atomic E-state index is 0.370. The van der Waals surface area contributed by atoms with Crippen LogP contribution in [0.5, 0.6) is 0 Å². The molecule has 2 nitrogen and oxygen atoms in total. The number of nitrogens with two attached hydrogens (primary N) is 1. The highest BCUT2D eigenvalue weighted by Gasteiger charge is 2.29. The molecule has 0 bridgehead atoms. The van der Waals surface area contributed by atoms with Crippen molar-refractivity contribution in [1.29, 1.82) is 0 Å². The fourth-order valence-corrected chi connectivity index (χ4v) is 2.51. The average molecular weight is 266 g/mol. The molecule has 1 saturated carbocycles. The maximum Gasteiger partial charge on any atom is 0.134 e. The van der Waals surface area contributed by atoms with Crippen LogP contribution in [-0.2, 0) is 0 Å². The summed E-state index contributed by atoms with van der Waals surface area (Å²) in [6, 6.07) is 8.59. The largest absolute Gasteiger partial charge is 0.461 e. The third-order valence-electron chi connectivity index (χ3n) is 3.07. The van der Waals surface area contributed by atoms with Crippen molar-refractivity contribution in [1.82, 2.24) is 0 Å². The van der Waals surface area contributed by atoms with E-state index in [2.05, 4.69) is 28.1 Å². The van der Waals surface area contributed by atoms with Crippen molar-refractivity contribution in [3.63, 3.8) is 0 Å². The van der Waals surface area contributed by atoms with Gasteiger partial charge >= 0.3 is 0 Å². The summed E-state index contributed by atoms with van der Waals surface area (Å²) < 4.78 is 6.89. The van der Waals surface area contributed by atoms with Gasteiger partial charge in [-0.3, -0.25) is 0 Å². The molecule has 0 aliphatic heterocycles. The van der Waals surface area contributed by atoms with Gasteiger partial charge in [-0.25, -0.2) is 0 Å². The van der Waals surface area contributed by atoms with E-state index in [1.807, 2.05) is 12.1 Å². The van der Waals surface area contributed by atoms with Gasteiger partial charge in [-0.1, -0.05) is 15.9 Å². The topological polar surface area (TPSA) is 39.2 Å². The summed E-state index contributed by atoms with van der Waals surface area (Å²) in [6.45, 7) is 0. The van der Waals surface area contributed by atoms with Crippen molar-refractivity contribution < 1.29 is 4.42 Å². The Morgan fingerprint density at radius 2 is 2.07 bits per heavy atom.